The average molecular weight is 243 g/mol. The van der Waals surface area contributed by atoms with Crippen LogP contribution in [0.4, 0.5) is 0 Å². The molecule has 1 amide bonds. The molecule has 3 N–H and O–H groups in total. The summed E-state index contributed by atoms with van der Waals surface area (Å²) < 4.78 is 5.68. The highest BCUT2D eigenvalue weighted by molar-refractivity contribution is 5.76. The summed E-state index contributed by atoms with van der Waals surface area (Å²) in [6, 6.07) is 0.121. The van der Waals surface area contributed by atoms with Crippen LogP contribution in [0, 0.1) is 0 Å². The average Bonchev–Trinajstić information content (AvgIpc) is 2.24. The third-order valence-electron chi connectivity index (χ3n) is 3.03. The highest BCUT2D eigenvalue weighted by Crippen LogP contribution is 2.14. The van der Waals surface area contributed by atoms with Crippen molar-refractivity contribution in [3.8, 4) is 0 Å². The number of carbonyl (C=O) groups is 1. The van der Waals surface area contributed by atoms with Crippen molar-refractivity contribution < 1.29 is 9.53 Å². The number of ether oxygens (including phenoxy) is 1. The number of nitrogens with zero attached hydrogens (tertiary/aromatic N) is 1. The zero-order valence-corrected chi connectivity index (χ0v) is 11.1. The van der Waals surface area contributed by atoms with E-state index < -0.39 is 0 Å². The molecule has 1 aliphatic rings. The topological polar surface area (TPSA) is 67.6 Å². The first-order chi connectivity index (χ1) is 8.06. The second-order valence-corrected chi connectivity index (χ2v) is 4.76. The molecule has 17 heavy (non-hydrogen) atoms. The summed E-state index contributed by atoms with van der Waals surface area (Å²) in [5.74, 6) is 0.0785. The Morgan fingerprint density at radius 1 is 1.47 bits per heavy atom. The highest BCUT2D eigenvalue weighted by atomic mass is 16.5. The maximum Gasteiger partial charge on any atom is 0.221 e. The molecule has 5 heteroatoms. The Morgan fingerprint density at radius 3 is 2.53 bits per heavy atom. The molecule has 1 rings (SSSR count). The summed E-state index contributed by atoms with van der Waals surface area (Å²) >= 11 is 0. The van der Waals surface area contributed by atoms with E-state index >= 15 is 0 Å². The van der Waals surface area contributed by atoms with E-state index in [-0.39, 0.29) is 24.2 Å². The summed E-state index contributed by atoms with van der Waals surface area (Å²) in [6.45, 7) is 8.93. The molecule has 0 saturated carbocycles. The lowest BCUT2D eigenvalue weighted by molar-refractivity contribution is -0.124. The highest BCUT2D eigenvalue weighted by Gasteiger charge is 2.28. The molecule has 0 bridgehead atoms. The fraction of sp³-hybridized carbons (Fsp3) is 0.917. The van der Waals surface area contributed by atoms with Crippen LogP contribution in [0.5, 0.6) is 0 Å². The molecular formula is C12H25N3O2. The van der Waals surface area contributed by atoms with Gasteiger partial charge in [0.15, 0.2) is 0 Å². The van der Waals surface area contributed by atoms with Gasteiger partial charge in [0.1, 0.15) is 0 Å². The van der Waals surface area contributed by atoms with Crippen LogP contribution >= 0.6 is 0 Å². The Kier molecular flexibility index (Phi) is 5.88. The summed E-state index contributed by atoms with van der Waals surface area (Å²) in [4.78, 5) is 13.9. The monoisotopic (exact) mass is 243 g/mol. The van der Waals surface area contributed by atoms with Crippen molar-refractivity contribution in [2.24, 2.45) is 5.73 Å². The summed E-state index contributed by atoms with van der Waals surface area (Å²) in [5.41, 5.74) is 5.78. The fourth-order valence-corrected chi connectivity index (χ4v) is 2.36. The van der Waals surface area contributed by atoms with E-state index in [1.165, 1.54) is 0 Å². The number of hydrogen-bond donors (Lipinski definition) is 2. The van der Waals surface area contributed by atoms with Gasteiger partial charge in [0, 0.05) is 38.6 Å². The van der Waals surface area contributed by atoms with Crippen molar-refractivity contribution in [3.05, 3.63) is 0 Å². The molecule has 0 aliphatic carbocycles. The van der Waals surface area contributed by atoms with E-state index in [0.29, 0.717) is 19.5 Å². The van der Waals surface area contributed by atoms with Gasteiger partial charge in [-0.05, 0) is 20.8 Å². The van der Waals surface area contributed by atoms with Crippen molar-refractivity contribution in [1.29, 1.82) is 0 Å². The molecular weight excluding hydrogens is 218 g/mol. The Morgan fingerprint density at radius 2 is 2.06 bits per heavy atom. The summed E-state index contributed by atoms with van der Waals surface area (Å²) in [6.07, 6.45) is 0.896. The molecule has 1 saturated heterocycles. The number of nitrogens with two attached hydrogens (primary N) is 1. The molecule has 1 fully saturated rings. The SMILES string of the molecule is CCNC(=O)CC(CN)N1CC(C)OC(C)C1. The van der Waals surface area contributed by atoms with E-state index in [1.807, 2.05) is 6.92 Å². The molecule has 1 aliphatic heterocycles. The predicted octanol–water partition coefficient (Wildman–Crippen LogP) is -0.0509. The third kappa shape index (κ3) is 4.61. The smallest absolute Gasteiger partial charge is 0.221 e. The number of amides is 1. The van der Waals surface area contributed by atoms with E-state index in [0.717, 1.165) is 13.1 Å². The van der Waals surface area contributed by atoms with Gasteiger partial charge >= 0.3 is 0 Å². The second-order valence-electron chi connectivity index (χ2n) is 4.76. The molecule has 0 aromatic heterocycles. The van der Waals surface area contributed by atoms with Gasteiger partial charge in [0.25, 0.3) is 0 Å². The minimum absolute atomic E-state index is 0.0785. The van der Waals surface area contributed by atoms with Crippen LogP contribution in [-0.2, 0) is 9.53 Å². The van der Waals surface area contributed by atoms with Gasteiger partial charge < -0.3 is 15.8 Å². The first kappa shape index (κ1) is 14.4. The van der Waals surface area contributed by atoms with Crippen LogP contribution in [0.25, 0.3) is 0 Å². The van der Waals surface area contributed by atoms with Gasteiger partial charge in [-0.25, -0.2) is 0 Å². The van der Waals surface area contributed by atoms with Crippen LogP contribution in [-0.4, -0.2) is 55.2 Å². The third-order valence-corrected chi connectivity index (χ3v) is 3.03. The lowest BCUT2D eigenvalue weighted by atomic mass is 10.1. The first-order valence-corrected chi connectivity index (χ1v) is 6.43. The van der Waals surface area contributed by atoms with Crippen LogP contribution in [0.3, 0.4) is 0 Å². The van der Waals surface area contributed by atoms with Crippen molar-refractivity contribution >= 4 is 5.91 Å². The second kappa shape index (κ2) is 6.93. The van der Waals surface area contributed by atoms with Gasteiger partial charge in [-0.1, -0.05) is 0 Å². The van der Waals surface area contributed by atoms with Crippen LogP contribution in [0.1, 0.15) is 27.2 Å². The Bertz CT molecular complexity index is 238. The molecule has 3 unspecified atom stereocenters. The van der Waals surface area contributed by atoms with Gasteiger partial charge in [-0.15, -0.1) is 0 Å². The summed E-state index contributed by atoms with van der Waals surface area (Å²) in [5, 5.41) is 2.82. The molecule has 0 aromatic rings. The molecule has 5 nitrogen and oxygen atoms in total. The van der Waals surface area contributed by atoms with Gasteiger partial charge in [-0.2, -0.15) is 0 Å². The van der Waals surface area contributed by atoms with Crippen molar-refractivity contribution in [1.82, 2.24) is 10.2 Å². The summed E-state index contributed by atoms with van der Waals surface area (Å²) in [7, 11) is 0. The Hall–Kier alpha value is -0.650. The number of hydrogen-bond acceptors (Lipinski definition) is 4. The molecule has 1 heterocycles. The number of morpholine rings is 1. The zero-order valence-electron chi connectivity index (χ0n) is 11.1. The Balaban J connectivity index is 2.51. The van der Waals surface area contributed by atoms with Gasteiger partial charge in [0.2, 0.25) is 5.91 Å². The number of carbonyl (C=O) groups excluding carboxylic acids is 1. The van der Waals surface area contributed by atoms with E-state index in [2.05, 4.69) is 24.1 Å². The van der Waals surface area contributed by atoms with Crippen molar-refractivity contribution in [2.75, 3.05) is 26.2 Å². The van der Waals surface area contributed by atoms with Crippen LogP contribution in [0.15, 0.2) is 0 Å². The minimum Gasteiger partial charge on any atom is -0.373 e. The molecule has 100 valence electrons. The van der Waals surface area contributed by atoms with E-state index in [1.54, 1.807) is 0 Å². The first-order valence-electron chi connectivity index (χ1n) is 6.43. The van der Waals surface area contributed by atoms with Crippen molar-refractivity contribution in [2.45, 2.75) is 45.4 Å². The van der Waals surface area contributed by atoms with Gasteiger partial charge in [0.05, 0.1) is 12.2 Å². The number of nitrogens with one attached hydrogen (secondary N) is 1. The van der Waals surface area contributed by atoms with Gasteiger partial charge in [-0.3, -0.25) is 9.69 Å². The molecule has 0 aromatic carbocycles. The molecule has 0 radical (unpaired) electrons. The van der Waals surface area contributed by atoms with E-state index in [9.17, 15) is 4.79 Å². The van der Waals surface area contributed by atoms with Crippen LogP contribution in [0.2, 0.25) is 0 Å². The lowest BCUT2D eigenvalue weighted by Gasteiger charge is -2.39. The maximum atomic E-state index is 11.6. The Labute approximate surface area is 104 Å². The fourth-order valence-electron chi connectivity index (χ4n) is 2.36. The minimum atomic E-state index is 0.0785. The maximum absolute atomic E-state index is 11.6. The number of rotatable bonds is 5. The standard InChI is InChI=1S/C12H25N3O2/c1-4-14-12(16)5-11(6-13)15-7-9(2)17-10(3)8-15/h9-11H,4-8,13H2,1-3H3,(H,14,16). The lowest BCUT2D eigenvalue weighted by Crippen LogP contribution is -2.53. The molecule has 3 atom stereocenters. The van der Waals surface area contributed by atoms with Crippen LogP contribution < -0.4 is 11.1 Å². The quantitative estimate of drug-likeness (QED) is 0.710. The normalized spacial score (nSPS) is 27.8. The van der Waals surface area contributed by atoms with Crippen molar-refractivity contribution in [3.63, 3.8) is 0 Å². The molecule has 0 spiro atoms. The van der Waals surface area contributed by atoms with E-state index in [4.69, 9.17) is 10.5 Å². The largest absolute Gasteiger partial charge is 0.373 e. The zero-order chi connectivity index (χ0) is 12.8. The predicted molar refractivity (Wildman–Crippen MR) is 67.7 cm³/mol.